The van der Waals surface area contributed by atoms with Gasteiger partial charge in [-0.2, -0.15) is 0 Å². The van der Waals surface area contributed by atoms with Gasteiger partial charge in [0.15, 0.2) is 5.13 Å². The van der Waals surface area contributed by atoms with Crippen molar-refractivity contribution in [2.24, 2.45) is 0 Å². The summed E-state index contributed by atoms with van der Waals surface area (Å²) in [6.45, 7) is -0.426. The maximum absolute atomic E-state index is 12.9. The standard InChI is InChI=1S/C15H11FN4O3S/c16-10-3-1-9(2-4-10)7-11-13(22)20(15(23)18-11)8-12(21)19-14-17-5-6-24-14/h1-7H,8H2,(H,18,23)(H,17,19,21)/b11-7-. The van der Waals surface area contributed by atoms with Crippen LogP contribution in [0.1, 0.15) is 5.56 Å². The molecule has 0 spiro atoms. The lowest BCUT2D eigenvalue weighted by Gasteiger charge is -2.10. The first-order valence-electron chi connectivity index (χ1n) is 6.82. The van der Waals surface area contributed by atoms with Crippen LogP contribution in [-0.2, 0) is 9.59 Å². The predicted octanol–water partition coefficient (Wildman–Crippen LogP) is 1.81. The lowest BCUT2D eigenvalue weighted by Crippen LogP contribution is -2.38. The molecular formula is C15H11FN4O3S. The van der Waals surface area contributed by atoms with Crippen molar-refractivity contribution in [1.29, 1.82) is 0 Å². The van der Waals surface area contributed by atoms with E-state index < -0.39 is 30.2 Å². The van der Waals surface area contributed by atoms with Crippen molar-refractivity contribution < 1.29 is 18.8 Å². The van der Waals surface area contributed by atoms with Crippen molar-refractivity contribution in [1.82, 2.24) is 15.2 Å². The molecule has 1 aromatic heterocycles. The van der Waals surface area contributed by atoms with Gasteiger partial charge >= 0.3 is 6.03 Å². The summed E-state index contributed by atoms with van der Waals surface area (Å²) in [5.74, 6) is -1.56. The van der Waals surface area contributed by atoms with E-state index in [2.05, 4.69) is 15.6 Å². The van der Waals surface area contributed by atoms with Gasteiger partial charge in [-0.25, -0.2) is 19.1 Å². The second-order valence-corrected chi connectivity index (χ2v) is 5.71. The molecular weight excluding hydrogens is 335 g/mol. The van der Waals surface area contributed by atoms with E-state index in [4.69, 9.17) is 0 Å². The number of benzene rings is 1. The minimum Gasteiger partial charge on any atom is -0.303 e. The third-order valence-electron chi connectivity index (χ3n) is 3.12. The zero-order chi connectivity index (χ0) is 17.1. The number of rotatable bonds is 4. The van der Waals surface area contributed by atoms with E-state index in [0.29, 0.717) is 10.7 Å². The summed E-state index contributed by atoms with van der Waals surface area (Å²) < 4.78 is 12.9. The molecule has 3 rings (SSSR count). The molecule has 1 aliphatic rings. The maximum Gasteiger partial charge on any atom is 0.329 e. The van der Waals surface area contributed by atoms with Crippen LogP contribution in [0.2, 0.25) is 0 Å². The van der Waals surface area contributed by atoms with Crippen LogP contribution in [0.25, 0.3) is 6.08 Å². The van der Waals surface area contributed by atoms with Crippen LogP contribution in [0.4, 0.5) is 14.3 Å². The first-order chi connectivity index (χ1) is 11.5. The van der Waals surface area contributed by atoms with E-state index in [-0.39, 0.29) is 5.70 Å². The molecule has 2 N–H and O–H groups in total. The van der Waals surface area contributed by atoms with Gasteiger partial charge < -0.3 is 10.6 Å². The van der Waals surface area contributed by atoms with Crippen LogP contribution in [0, 0.1) is 5.82 Å². The number of thiazole rings is 1. The Bertz CT molecular complexity index is 818. The fraction of sp³-hybridized carbons (Fsp3) is 0.0667. The smallest absolute Gasteiger partial charge is 0.303 e. The number of nitrogens with zero attached hydrogens (tertiary/aromatic N) is 2. The number of carbonyl (C=O) groups excluding carboxylic acids is 3. The minimum absolute atomic E-state index is 0.0219. The molecule has 4 amide bonds. The maximum atomic E-state index is 12.9. The zero-order valence-corrected chi connectivity index (χ0v) is 13.0. The highest BCUT2D eigenvalue weighted by Crippen LogP contribution is 2.15. The summed E-state index contributed by atoms with van der Waals surface area (Å²) in [5, 5.41) is 6.96. The minimum atomic E-state index is -0.692. The van der Waals surface area contributed by atoms with E-state index in [9.17, 15) is 18.8 Å². The molecule has 0 atom stereocenters. The number of urea groups is 1. The van der Waals surface area contributed by atoms with E-state index in [1.807, 2.05) is 0 Å². The molecule has 0 saturated carbocycles. The van der Waals surface area contributed by atoms with Crippen LogP contribution >= 0.6 is 11.3 Å². The summed E-state index contributed by atoms with van der Waals surface area (Å²) in [6, 6.07) is 4.74. The second kappa shape index (κ2) is 6.59. The molecule has 1 fully saturated rings. The lowest BCUT2D eigenvalue weighted by molar-refractivity contribution is -0.127. The second-order valence-electron chi connectivity index (χ2n) is 4.82. The highest BCUT2D eigenvalue weighted by atomic mass is 32.1. The average Bonchev–Trinajstić information content (AvgIpc) is 3.14. The summed E-state index contributed by atoms with van der Waals surface area (Å²) in [5.41, 5.74) is 0.572. The number of imide groups is 1. The van der Waals surface area contributed by atoms with Crippen LogP contribution in [-0.4, -0.2) is 34.3 Å². The number of halogens is 1. The van der Waals surface area contributed by atoms with E-state index in [1.165, 1.54) is 47.9 Å². The molecule has 2 aromatic rings. The summed E-state index contributed by atoms with van der Waals surface area (Å²) >= 11 is 1.23. The molecule has 0 radical (unpaired) electrons. The Labute approximate surface area is 139 Å². The van der Waals surface area contributed by atoms with Crippen molar-refractivity contribution >= 4 is 40.4 Å². The summed E-state index contributed by atoms with van der Waals surface area (Å²) in [6.07, 6.45) is 2.94. The van der Waals surface area contributed by atoms with Gasteiger partial charge in [0.1, 0.15) is 18.1 Å². The quantitative estimate of drug-likeness (QED) is 0.652. The molecule has 0 aliphatic carbocycles. The number of hydrogen-bond acceptors (Lipinski definition) is 5. The van der Waals surface area contributed by atoms with Gasteiger partial charge in [-0.3, -0.25) is 9.59 Å². The molecule has 0 unspecified atom stereocenters. The molecule has 1 aromatic carbocycles. The highest BCUT2D eigenvalue weighted by Gasteiger charge is 2.34. The molecule has 1 aliphatic heterocycles. The zero-order valence-electron chi connectivity index (χ0n) is 12.2. The number of aromatic nitrogens is 1. The monoisotopic (exact) mass is 346 g/mol. The van der Waals surface area contributed by atoms with E-state index >= 15 is 0 Å². The molecule has 9 heteroatoms. The van der Waals surface area contributed by atoms with Crippen LogP contribution < -0.4 is 10.6 Å². The number of anilines is 1. The van der Waals surface area contributed by atoms with Crippen molar-refractivity contribution in [2.45, 2.75) is 0 Å². The molecule has 24 heavy (non-hydrogen) atoms. The van der Waals surface area contributed by atoms with Gasteiger partial charge in [0, 0.05) is 11.6 Å². The van der Waals surface area contributed by atoms with E-state index in [0.717, 1.165) is 4.90 Å². The fourth-order valence-electron chi connectivity index (χ4n) is 2.03. The van der Waals surface area contributed by atoms with Gasteiger partial charge in [-0.05, 0) is 23.8 Å². The van der Waals surface area contributed by atoms with E-state index in [1.54, 1.807) is 5.38 Å². The highest BCUT2D eigenvalue weighted by molar-refractivity contribution is 7.13. The number of hydrogen-bond donors (Lipinski definition) is 2. The van der Waals surface area contributed by atoms with Gasteiger partial charge in [-0.15, -0.1) is 11.3 Å². The first kappa shape index (κ1) is 15.8. The average molecular weight is 346 g/mol. The number of amides is 4. The van der Waals surface area contributed by atoms with Gasteiger partial charge in [0.25, 0.3) is 5.91 Å². The lowest BCUT2D eigenvalue weighted by atomic mass is 10.2. The number of nitrogens with one attached hydrogen (secondary N) is 2. The van der Waals surface area contributed by atoms with Crippen LogP contribution in [0.3, 0.4) is 0 Å². The normalized spacial score (nSPS) is 15.7. The Hall–Kier alpha value is -3.07. The Kier molecular flexibility index (Phi) is 4.34. The van der Waals surface area contributed by atoms with Crippen molar-refractivity contribution in [2.75, 3.05) is 11.9 Å². The Balaban J connectivity index is 1.69. The van der Waals surface area contributed by atoms with Crippen molar-refractivity contribution in [3.8, 4) is 0 Å². The van der Waals surface area contributed by atoms with Gasteiger partial charge in [0.05, 0.1) is 0 Å². The fourth-order valence-corrected chi connectivity index (χ4v) is 2.57. The summed E-state index contributed by atoms with van der Waals surface area (Å²) in [7, 11) is 0. The molecule has 1 saturated heterocycles. The van der Waals surface area contributed by atoms with Gasteiger partial charge in [0.2, 0.25) is 5.91 Å². The Morgan fingerprint density at radius 3 is 2.75 bits per heavy atom. The topological polar surface area (TPSA) is 91.4 Å². The predicted molar refractivity (Wildman–Crippen MR) is 85.4 cm³/mol. The molecule has 0 bridgehead atoms. The third-order valence-corrected chi connectivity index (χ3v) is 3.81. The Morgan fingerprint density at radius 1 is 1.33 bits per heavy atom. The van der Waals surface area contributed by atoms with Gasteiger partial charge in [-0.1, -0.05) is 12.1 Å². The first-order valence-corrected chi connectivity index (χ1v) is 7.70. The van der Waals surface area contributed by atoms with Crippen molar-refractivity contribution in [3.63, 3.8) is 0 Å². The van der Waals surface area contributed by atoms with Crippen LogP contribution in [0.15, 0.2) is 41.5 Å². The molecule has 122 valence electrons. The molecule has 7 nitrogen and oxygen atoms in total. The third kappa shape index (κ3) is 3.46. The van der Waals surface area contributed by atoms with Crippen LogP contribution in [0.5, 0.6) is 0 Å². The molecule has 2 heterocycles. The summed E-state index contributed by atoms with van der Waals surface area (Å²) in [4.78, 5) is 40.7. The number of carbonyl (C=O) groups is 3. The van der Waals surface area contributed by atoms with Crippen molar-refractivity contribution in [3.05, 3.63) is 52.9 Å². The Morgan fingerprint density at radius 2 is 2.08 bits per heavy atom. The largest absolute Gasteiger partial charge is 0.329 e. The SMILES string of the molecule is O=C(CN1C(=O)N/C(=C\c2ccc(F)cc2)C1=O)Nc1nccs1.